The summed E-state index contributed by atoms with van der Waals surface area (Å²) in [4.78, 5) is 12.7. The van der Waals surface area contributed by atoms with E-state index in [-0.39, 0.29) is 18.3 Å². The number of nitrogens with two attached hydrogens (primary N) is 1. The van der Waals surface area contributed by atoms with Crippen LogP contribution in [0.1, 0.15) is 43.2 Å². The van der Waals surface area contributed by atoms with Crippen molar-refractivity contribution in [3.05, 3.63) is 46.7 Å². The Morgan fingerprint density at radius 1 is 1.36 bits per heavy atom. The highest BCUT2D eigenvalue weighted by molar-refractivity contribution is 6.30. The molecule has 0 saturated heterocycles. The van der Waals surface area contributed by atoms with Crippen LogP contribution in [-0.2, 0) is 0 Å². The monoisotopic (exact) mass is 384 g/mol. The molecule has 7 heteroatoms. The molecule has 0 aliphatic heterocycles. The lowest BCUT2D eigenvalue weighted by molar-refractivity contribution is 0.0897. The van der Waals surface area contributed by atoms with Crippen molar-refractivity contribution >= 4 is 29.9 Å². The number of nitrogens with zero attached hydrogens (tertiary/aromatic N) is 2. The smallest absolute Gasteiger partial charge is 0.255 e. The zero-order chi connectivity index (χ0) is 17.9. The molecule has 1 aromatic heterocycles. The van der Waals surface area contributed by atoms with Crippen LogP contribution in [0.3, 0.4) is 0 Å². The Morgan fingerprint density at radius 3 is 2.48 bits per heavy atom. The number of halogens is 2. The summed E-state index contributed by atoms with van der Waals surface area (Å²) >= 11 is 5.91. The van der Waals surface area contributed by atoms with E-state index < -0.39 is 5.54 Å². The van der Waals surface area contributed by atoms with Crippen molar-refractivity contribution in [3.63, 3.8) is 0 Å². The molecule has 0 aliphatic rings. The molecular formula is C18H26Cl2N4O. The third-order valence-electron chi connectivity index (χ3n) is 3.96. The van der Waals surface area contributed by atoms with E-state index in [9.17, 15) is 4.79 Å². The van der Waals surface area contributed by atoms with E-state index in [0.717, 1.165) is 12.1 Å². The first-order valence-corrected chi connectivity index (χ1v) is 8.46. The van der Waals surface area contributed by atoms with Crippen LogP contribution in [-0.4, -0.2) is 27.8 Å². The third kappa shape index (κ3) is 5.46. The fourth-order valence-electron chi connectivity index (χ4n) is 2.84. The van der Waals surface area contributed by atoms with Crippen LogP contribution < -0.4 is 11.1 Å². The first kappa shape index (κ1) is 21.5. The van der Waals surface area contributed by atoms with Gasteiger partial charge in [0, 0.05) is 23.3 Å². The van der Waals surface area contributed by atoms with Crippen LogP contribution in [0.4, 0.5) is 0 Å². The molecule has 1 unspecified atom stereocenters. The van der Waals surface area contributed by atoms with Gasteiger partial charge in [0.05, 0.1) is 16.9 Å². The number of carbonyl (C=O) groups excluding carboxylic acids is 1. The molecule has 2 rings (SSSR count). The standard InChI is InChI=1S/C18H25ClN4O.ClH/c1-12(2)9-18(4,11-20)21-17(24)16-10-23(22-13(16)3)15-7-5-14(19)6-8-15;/h5-8,10,12H,9,11,20H2,1-4H3,(H,21,24);1H. The topological polar surface area (TPSA) is 72.9 Å². The van der Waals surface area contributed by atoms with Gasteiger partial charge in [-0.3, -0.25) is 4.79 Å². The van der Waals surface area contributed by atoms with Crippen molar-refractivity contribution in [2.24, 2.45) is 11.7 Å². The number of benzene rings is 1. The van der Waals surface area contributed by atoms with Gasteiger partial charge in [0.15, 0.2) is 0 Å². The summed E-state index contributed by atoms with van der Waals surface area (Å²) in [5.74, 6) is 0.290. The Hall–Kier alpha value is -1.56. The lowest BCUT2D eigenvalue weighted by atomic mass is 9.90. The first-order valence-electron chi connectivity index (χ1n) is 8.09. The maximum Gasteiger partial charge on any atom is 0.255 e. The molecular weight excluding hydrogens is 359 g/mol. The molecule has 1 amide bonds. The molecule has 0 saturated carbocycles. The van der Waals surface area contributed by atoms with Crippen molar-refractivity contribution in [1.82, 2.24) is 15.1 Å². The van der Waals surface area contributed by atoms with E-state index in [0.29, 0.717) is 28.7 Å². The average Bonchev–Trinajstić information content (AvgIpc) is 2.89. The minimum atomic E-state index is -0.430. The van der Waals surface area contributed by atoms with Crippen LogP contribution in [0.5, 0.6) is 0 Å². The van der Waals surface area contributed by atoms with Gasteiger partial charge in [0.2, 0.25) is 0 Å². The van der Waals surface area contributed by atoms with E-state index in [1.807, 2.05) is 26.0 Å². The van der Waals surface area contributed by atoms with Gasteiger partial charge in [-0.25, -0.2) is 4.68 Å². The number of nitrogens with one attached hydrogen (secondary N) is 1. The lowest BCUT2D eigenvalue weighted by Crippen LogP contribution is -2.52. The first-order chi connectivity index (χ1) is 11.2. The van der Waals surface area contributed by atoms with E-state index in [4.69, 9.17) is 17.3 Å². The summed E-state index contributed by atoms with van der Waals surface area (Å²) in [6, 6.07) is 7.31. The molecule has 25 heavy (non-hydrogen) atoms. The maximum absolute atomic E-state index is 12.7. The molecule has 3 N–H and O–H groups in total. The van der Waals surface area contributed by atoms with Crippen molar-refractivity contribution in [3.8, 4) is 5.69 Å². The van der Waals surface area contributed by atoms with Gasteiger partial charge in [-0.05, 0) is 50.5 Å². The normalized spacial score (nSPS) is 13.2. The van der Waals surface area contributed by atoms with Gasteiger partial charge in [-0.2, -0.15) is 5.10 Å². The van der Waals surface area contributed by atoms with Crippen LogP contribution in [0.15, 0.2) is 30.5 Å². The molecule has 0 bridgehead atoms. The highest BCUT2D eigenvalue weighted by atomic mass is 35.5. The number of hydrogen-bond acceptors (Lipinski definition) is 3. The van der Waals surface area contributed by atoms with Crippen LogP contribution in [0.25, 0.3) is 5.69 Å². The summed E-state index contributed by atoms with van der Waals surface area (Å²) in [5, 5.41) is 8.16. The summed E-state index contributed by atoms with van der Waals surface area (Å²) in [7, 11) is 0. The number of hydrogen-bond donors (Lipinski definition) is 2. The molecule has 0 fully saturated rings. The van der Waals surface area contributed by atoms with Gasteiger partial charge in [-0.1, -0.05) is 25.4 Å². The summed E-state index contributed by atoms with van der Waals surface area (Å²) in [6.45, 7) is 8.42. The Labute approximate surface area is 160 Å². The number of carbonyl (C=O) groups is 1. The van der Waals surface area contributed by atoms with E-state index >= 15 is 0 Å². The average molecular weight is 385 g/mol. The molecule has 0 spiro atoms. The van der Waals surface area contributed by atoms with Gasteiger partial charge >= 0.3 is 0 Å². The van der Waals surface area contributed by atoms with E-state index in [2.05, 4.69) is 24.3 Å². The van der Waals surface area contributed by atoms with Gasteiger partial charge in [-0.15, -0.1) is 12.4 Å². The van der Waals surface area contributed by atoms with Gasteiger partial charge in [0.25, 0.3) is 5.91 Å². The second kappa shape index (κ2) is 8.70. The predicted octanol–water partition coefficient (Wildman–Crippen LogP) is 3.75. The molecule has 0 radical (unpaired) electrons. The third-order valence-corrected chi connectivity index (χ3v) is 4.21. The molecule has 2 aromatic rings. The number of rotatable bonds is 6. The fraction of sp³-hybridized carbons (Fsp3) is 0.444. The zero-order valence-electron chi connectivity index (χ0n) is 15.0. The van der Waals surface area contributed by atoms with Gasteiger partial charge in [0.1, 0.15) is 0 Å². The molecule has 138 valence electrons. The van der Waals surface area contributed by atoms with Crippen molar-refractivity contribution < 1.29 is 4.79 Å². The van der Waals surface area contributed by atoms with Crippen LogP contribution in [0, 0.1) is 12.8 Å². The van der Waals surface area contributed by atoms with Crippen molar-refractivity contribution in [1.29, 1.82) is 0 Å². The summed E-state index contributed by atoms with van der Waals surface area (Å²) in [6.07, 6.45) is 2.56. The summed E-state index contributed by atoms with van der Waals surface area (Å²) < 4.78 is 1.68. The predicted molar refractivity (Wildman–Crippen MR) is 105 cm³/mol. The Morgan fingerprint density at radius 2 is 1.96 bits per heavy atom. The van der Waals surface area contributed by atoms with Gasteiger partial charge < -0.3 is 11.1 Å². The second-order valence-electron chi connectivity index (χ2n) is 6.87. The highest BCUT2D eigenvalue weighted by Gasteiger charge is 2.27. The number of aryl methyl sites for hydroxylation is 1. The SMILES string of the molecule is Cc1nn(-c2ccc(Cl)cc2)cc1C(=O)NC(C)(CN)CC(C)C.Cl. The molecule has 5 nitrogen and oxygen atoms in total. The fourth-order valence-corrected chi connectivity index (χ4v) is 2.96. The minimum absolute atomic E-state index is 0. The Kier molecular flexibility index (Phi) is 7.47. The lowest BCUT2D eigenvalue weighted by Gasteiger charge is -2.31. The molecule has 1 atom stereocenters. The maximum atomic E-state index is 12.7. The number of amides is 1. The van der Waals surface area contributed by atoms with Crippen molar-refractivity contribution in [2.75, 3.05) is 6.54 Å². The minimum Gasteiger partial charge on any atom is -0.345 e. The zero-order valence-corrected chi connectivity index (χ0v) is 16.6. The largest absolute Gasteiger partial charge is 0.345 e. The summed E-state index contributed by atoms with van der Waals surface area (Å²) in [5.41, 5.74) is 7.53. The molecule has 0 aliphatic carbocycles. The number of aromatic nitrogens is 2. The van der Waals surface area contributed by atoms with E-state index in [1.54, 1.807) is 23.0 Å². The van der Waals surface area contributed by atoms with Crippen molar-refractivity contribution in [2.45, 2.75) is 39.7 Å². The molecule has 1 aromatic carbocycles. The van der Waals surface area contributed by atoms with Crippen LogP contribution >= 0.6 is 24.0 Å². The highest BCUT2D eigenvalue weighted by Crippen LogP contribution is 2.18. The molecule has 1 heterocycles. The van der Waals surface area contributed by atoms with Crippen LogP contribution in [0.2, 0.25) is 5.02 Å². The van der Waals surface area contributed by atoms with E-state index in [1.165, 1.54) is 0 Å². The Balaban J connectivity index is 0.00000312. The second-order valence-corrected chi connectivity index (χ2v) is 7.30. The quantitative estimate of drug-likeness (QED) is 0.796. The Bertz CT molecular complexity index is 712.